The van der Waals surface area contributed by atoms with E-state index in [4.69, 9.17) is 4.74 Å². The number of carbonyl (C=O) groups is 3. The van der Waals surface area contributed by atoms with Crippen LogP contribution in [-0.2, 0) is 9.59 Å². The first-order valence-electron chi connectivity index (χ1n) is 7.53. The number of thiazole rings is 1. The summed E-state index contributed by atoms with van der Waals surface area (Å²) in [4.78, 5) is 40.5. The fourth-order valence-electron chi connectivity index (χ4n) is 2.25. The van der Waals surface area contributed by atoms with Crippen LogP contribution in [-0.4, -0.2) is 47.7 Å². The van der Waals surface area contributed by atoms with Crippen molar-refractivity contribution in [3.05, 3.63) is 35.3 Å². The second-order valence-corrected chi connectivity index (χ2v) is 6.10. The molecular formula is C16H15N5O4S. The number of anilines is 2. The van der Waals surface area contributed by atoms with Crippen LogP contribution in [0, 0.1) is 0 Å². The summed E-state index contributed by atoms with van der Waals surface area (Å²) in [5.74, 6) is 0.0774. The van der Waals surface area contributed by atoms with E-state index >= 15 is 0 Å². The third-order valence-corrected chi connectivity index (χ3v) is 4.29. The van der Waals surface area contributed by atoms with Crippen molar-refractivity contribution in [2.45, 2.75) is 6.92 Å². The second-order valence-electron chi connectivity index (χ2n) is 5.26. The molecule has 9 nitrogen and oxygen atoms in total. The van der Waals surface area contributed by atoms with Gasteiger partial charge in [0.15, 0.2) is 5.13 Å². The quantitative estimate of drug-likeness (QED) is 0.635. The zero-order chi connectivity index (χ0) is 18.7. The summed E-state index contributed by atoms with van der Waals surface area (Å²) in [6, 6.07) is 6.45. The highest BCUT2D eigenvalue weighted by molar-refractivity contribution is 7.14. The first-order valence-corrected chi connectivity index (χ1v) is 8.41. The molecule has 3 rings (SSSR count). The number of aromatic nitrogens is 1. The van der Waals surface area contributed by atoms with Crippen LogP contribution in [0.15, 0.2) is 34.7 Å². The van der Waals surface area contributed by atoms with E-state index in [9.17, 15) is 14.4 Å². The van der Waals surface area contributed by atoms with Crippen LogP contribution >= 0.6 is 11.3 Å². The Balaban J connectivity index is 1.80. The largest absolute Gasteiger partial charge is 0.497 e. The Hall–Kier alpha value is -3.27. The van der Waals surface area contributed by atoms with Gasteiger partial charge in [-0.25, -0.2) is 14.8 Å². The van der Waals surface area contributed by atoms with Crippen molar-refractivity contribution in [1.29, 1.82) is 0 Å². The number of ether oxygens (including phenoxy) is 1. The predicted molar refractivity (Wildman–Crippen MR) is 95.8 cm³/mol. The average molecular weight is 373 g/mol. The van der Waals surface area contributed by atoms with Gasteiger partial charge in [0.2, 0.25) is 11.8 Å². The van der Waals surface area contributed by atoms with Gasteiger partial charge in [0.05, 0.1) is 24.7 Å². The van der Waals surface area contributed by atoms with Crippen LogP contribution in [0.5, 0.6) is 5.75 Å². The molecule has 26 heavy (non-hydrogen) atoms. The van der Waals surface area contributed by atoms with Gasteiger partial charge in [0.25, 0.3) is 0 Å². The van der Waals surface area contributed by atoms with Crippen molar-refractivity contribution in [2.75, 3.05) is 18.6 Å². The number of imide groups is 1. The lowest BCUT2D eigenvalue weighted by Crippen LogP contribution is -2.24. The molecular weight excluding hydrogens is 358 g/mol. The molecule has 0 saturated carbocycles. The number of nitrogens with zero attached hydrogens (tertiary/aromatic N) is 4. The Bertz CT molecular complexity index is 877. The average Bonchev–Trinajstić information content (AvgIpc) is 3.19. The minimum Gasteiger partial charge on any atom is -0.497 e. The maximum atomic E-state index is 12.1. The number of carbonyl (C=O) groups excluding carboxylic acids is 3. The highest BCUT2D eigenvalue weighted by Gasteiger charge is 2.26. The topological polar surface area (TPSA) is 104 Å². The summed E-state index contributed by atoms with van der Waals surface area (Å²) in [5.41, 5.74) is 1.12. The van der Waals surface area contributed by atoms with Crippen LogP contribution < -0.4 is 15.0 Å². The third kappa shape index (κ3) is 3.70. The highest BCUT2D eigenvalue weighted by Crippen LogP contribution is 2.29. The Morgan fingerprint density at radius 1 is 1.38 bits per heavy atom. The lowest BCUT2D eigenvalue weighted by atomic mass is 10.3. The van der Waals surface area contributed by atoms with E-state index in [0.29, 0.717) is 22.3 Å². The lowest BCUT2D eigenvalue weighted by Gasteiger charge is -2.18. The molecule has 1 fully saturated rings. The van der Waals surface area contributed by atoms with Crippen molar-refractivity contribution >= 4 is 46.2 Å². The van der Waals surface area contributed by atoms with Crippen molar-refractivity contribution in [3.63, 3.8) is 0 Å². The molecule has 1 aliphatic rings. The third-order valence-electron chi connectivity index (χ3n) is 3.45. The summed E-state index contributed by atoms with van der Waals surface area (Å²) in [5, 5.41) is 9.24. The maximum Gasteiger partial charge on any atom is 0.344 e. The molecule has 4 amide bonds. The molecule has 0 radical (unpaired) electrons. The number of hydrogen-bond acceptors (Lipinski definition) is 7. The van der Waals surface area contributed by atoms with Gasteiger partial charge in [0.1, 0.15) is 12.3 Å². The van der Waals surface area contributed by atoms with Gasteiger partial charge in [0, 0.05) is 12.3 Å². The first-order chi connectivity index (χ1) is 12.5. The second kappa shape index (κ2) is 7.31. The predicted octanol–water partition coefficient (Wildman–Crippen LogP) is 1.72. The molecule has 2 aromatic rings. The molecule has 2 heterocycles. The fourth-order valence-corrected chi connectivity index (χ4v) is 3.09. The van der Waals surface area contributed by atoms with Crippen molar-refractivity contribution in [1.82, 2.24) is 15.3 Å². The van der Waals surface area contributed by atoms with Gasteiger partial charge < -0.3 is 4.74 Å². The van der Waals surface area contributed by atoms with Gasteiger partial charge in [-0.1, -0.05) is 0 Å². The number of amides is 4. The van der Waals surface area contributed by atoms with Gasteiger partial charge in [-0.2, -0.15) is 5.10 Å². The minimum atomic E-state index is -0.578. The molecule has 0 atom stereocenters. The number of urea groups is 1. The number of nitrogens with one attached hydrogen (secondary N) is 1. The van der Waals surface area contributed by atoms with E-state index in [2.05, 4.69) is 15.4 Å². The molecule has 1 aromatic carbocycles. The molecule has 0 bridgehead atoms. The fraction of sp³-hybridized carbons (Fsp3) is 0.188. The van der Waals surface area contributed by atoms with Gasteiger partial charge in [-0.05, 0) is 24.3 Å². The molecule has 1 N–H and O–H groups in total. The summed E-state index contributed by atoms with van der Waals surface area (Å²) in [7, 11) is 1.57. The van der Waals surface area contributed by atoms with E-state index < -0.39 is 11.9 Å². The van der Waals surface area contributed by atoms with Crippen LogP contribution in [0.25, 0.3) is 0 Å². The van der Waals surface area contributed by atoms with Crippen LogP contribution in [0.3, 0.4) is 0 Å². The number of rotatable bonds is 5. The van der Waals surface area contributed by atoms with Gasteiger partial charge in [-0.15, -0.1) is 11.3 Å². The number of hydrogen-bond donors (Lipinski definition) is 1. The SMILES string of the molecule is COc1ccc(N(C(C)=O)c2nc(/C=N\N3CC(=O)NC3=O)cs2)cc1. The zero-order valence-corrected chi connectivity index (χ0v) is 14.8. The Morgan fingerprint density at radius 2 is 2.12 bits per heavy atom. The number of hydrazone groups is 1. The molecule has 0 spiro atoms. The summed E-state index contributed by atoms with van der Waals surface area (Å²) in [6.45, 7) is 1.32. The summed E-state index contributed by atoms with van der Waals surface area (Å²) >= 11 is 1.26. The molecule has 1 aliphatic heterocycles. The molecule has 10 heteroatoms. The highest BCUT2D eigenvalue weighted by atomic mass is 32.1. The van der Waals surface area contributed by atoms with E-state index in [0.717, 1.165) is 5.01 Å². The summed E-state index contributed by atoms with van der Waals surface area (Å²) < 4.78 is 5.12. The van der Waals surface area contributed by atoms with E-state index in [-0.39, 0.29) is 12.5 Å². The Labute approximate surface area is 152 Å². The molecule has 0 aliphatic carbocycles. The monoisotopic (exact) mass is 373 g/mol. The molecule has 1 aromatic heterocycles. The first kappa shape index (κ1) is 17.5. The molecule has 134 valence electrons. The molecule has 0 unspecified atom stereocenters. The van der Waals surface area contributed by atoms with Gasteiger partial charge in [-0.3, -0.25) is 19.8 Å². The van der Waals surface area contributed by atoms with E-state index in [1.54, 1.807) is 36.8 Å². The normalized spacial score (nSPS) is 14.0. The summed E-state index contributed by atoms with van der Waals surface area (Å²) in [6.07, 6.45) is 1.37. The molecule has 1 saturated heterocycles. The van der Waals surface area contributed by atoms with Crippen LogP contribution in [0.4, 0.5) is 15.6 Å². The lowest BCUT2D eigenvalue weighted by molar-refractivity contribution is -0.118. The van der Waals surface area contributed by atoms with E-state index in [1.165, 1.54) is 29.4 Å². The van der Waals surface area contributed by atoms with E-state index in [1.807, 2.05) is 0 Å². The van der Waals surface area contributed by atoms with Gasteiger partial charge >= 0.3 is 6.03 Å². The standard InChI is InChI=1S/C16H15N5O4S/c1-10(22)21(12-3-5-13(25-2)6-4-12)16-18-11(9-26-16)7-17-20-8-14(23)19-15(20)24/h3-7,9H,8H2,1-2H3,(H,19,23,24)/b17-7-. The zero-order valence-electron chi connectivity index (χ0n) is 14.0. The van der Waals surface area contributed by atoms with Crippen LogP contribution in [0.2, 0.25) is 0 Å². The number of methoxy groups -OCH3 is 1. The Kier molecular flexibility index (Phi) is 4.94. The smallest absolute Gasteiger partial charge is 0.344 e. The van der Waals surface area contributed by atoms with Crippen molar-refractivity contribution in [3.8, 4) is 5.75 Å². The van der Waals surface area contributed by atoms with Crippen molar-refractivity contribution in [2.24, 2.45) is 5.10 Å². The number of benzene rings is 1. The van der Waals surface area contributed by atoms with Crippen molar-refractivity contribution < 1.29 is 19.1 Å². The maximum absolute atomic E-state index is 12.1. The minimum absolute atomic E-state index is 0.127. The van der Waals surface area contributed by atoms with Crippen LogP contribution in [0.1, 0.15) is 12.6 Å². The Morgan fingerprint density at radius 3 is 2.69 bits per heavy atom.